The summed E-state index contributed by atoms with van der Waals surface area (Å²) in [5, 5.41) is 10.5. The number of alkyl halides is 2. The van der Waals surface area contributed by atoms with E-state index in [0.717, 1.165) is 6.20 Å². The van der Waals surface area contributed by atoms with Crippen LogP contribution in [0.4, 0.5) is 14.5 Å². The number of pyridine rings is 1. The number of nitro groups is 1. The second kappa shape index (κ2) is 4.55. The molecule has 0 unspecified atom stereocenters. The quantitative estimate of drug-likeness (QED) is 0.369. The molecule has 8 heteroatoms. The zero-order valence-electron chi connectivity index (χ0n) is 6.99. The van der Waals surface area contributed by atoms with Gasteiger partial charge in [0, 0.05) is 6.20 Å². The van der Waals surface area contributed by atoms with Gasteiger partial charge < -0.3 is 0 Å². The van der Waals surface area contributed by atoms with Crippen LogP contribution in [0.25, 0.3) is 0 Å². The lowest BCUT2D eigenvalue weighted by Crippen LogP contribution is -2.05. The first-order valence-corrected chi connectivity index (χ1v) is 4.63. The van der Waals surface area contributed by atoms with Gasteiger partial charge in [0.25, 0.3) is 12.1 Å². The number of carbonyl (C=O) groups excluding carboxylic acids is 1. The Hall–Kier alpha value is -1.19. The lowest BCUT2D eigenvalue weighted by Gasteiger charge is -2.04. The summed E-state index contributed by atoms with van der Waals surface area (Å²) in [5.74, 6) is 0. The van der Waals surface area contributed by atoms with Crippen molar-refractivity contribution >= 4 is 34.6 Å². The van der Waals surface area contributed by atoms with Gasteiger partial charge in [0.1, 0.15) is 14.8 Å². The molecule has 0 amide bonds. The summed E-state index contributed by atoms with van der Waals surface area (Å²) in [7, 11) is 0. The molecule has 1 heterocycles. The molecule has 0 bridgehead atoms. The van der Waals surface area contributed by atoms with Crippen molar-refractivity contribution in [1.82, 2.24) is 4.98 Å². The third kappa shape index (κ3) is 2.25. The highest BCUT2D eigenvalue weighted by Crippen LogP contribution is 2.33. The number of aromatic nitrogens is 1. The zero-order valence-corrected chi connectivity index (χ0v) is 9.14. The second-order valence-corrected chi connectivity index (χ2v) is 3.59. The first-order valence-electron chi connectivity index (χ1n) is 3.55. The molecule has 0 aliphatic rings. The van der Waals surface area contributed by atoms with Gasteiger partial charge in [0.05, 0.1) is 4.92 Å². The molecule has 1 aromatic heterocycles. The predicted octanol–water partition coefficient (Wildman–Crippen LogP) is 2.34. The molecule has 0 aliphatic heterocycles. The Balaban J connectivity index is 3.58. The number of hydrogen-bond acceptors (Lipinski definition) is 4. The SMILES string of the molecule is O=Cc1ncc(I)c([N+](=O)[O-])c1C(F)F. The van der Waals surface area contributed by atoms with E-state index < -0.39 is 28.3 Å². The highest BCUT2D eigenvalue weighted by Gasteiger charge is 2.29. The molecule has 1 aromatic rings. The Morgan fingerprint density at radius 3 is 2.60 bits per heavy atom. The second-order valence-electron chi connectivity index (χ2n) is 2.43. The fourth-order valence-electron chi connectivity index (χ4n) is 1.00. The van der Waals surface area contributed by atoms with Crippen LogP contribution >= 0.6 is 22.6 Å². The molecule has 0 atom stereocenters. The Morgan fingerprint density at radius 2 is 2.20 bits per heavy atom. The molecule has 0 aromatic carbocycles. The third-order valence-electron chi connectivity index (χ3n) is 1.59. The topological polar surface area (TPSA) is 73.1 Å². The molecule has 0 saturated carbocycles. The fourth-order valence-corrected chi connectivity index (χ4v) is 1.63. The average molecular weight is 328 g/mol. The Kier molecular flexibility index (Phi) is 3.61. The zero-order chi connectivity index (χ0) is 11.6. The highest BCUT2D eigenvalue weighted by molar-refractivity contribution is 14.1. The molecule has 1 rings (SSSR count). The molecule has 0 N–H and O–H groups in total. The summed E-state index contributed by atoms with van der Waals surface area (Å²) in [5.41, 5.74) is -2.29. The van der Waals surface area contributed by atoms with Gasteiger partial charge in [0.2, 0.25) is 0 Å². The molecular formula is C7H3F2IN2O3. The summed E-state index contributed by atoms with van der Waals surface area (Å²) in [4.78, 5) is 23.4. The lowest BCUT2D eigenvalue weighted by atomic mass is 10.2. The summed E-state index contributed by atoms with van der Waals surface area (Å²) in [6, 6.07) is 0. The van der Waals surface area contributed by atoms with Crippen LogP contribution in [0, 0.1) is 13.7 Å². The molecule has 0 aliphatic carbocycles. The summed E-state index contributed by atoms with van der Waals surface area (Å²) in [6.07, 6.45) is -2.02. The van der Waals surface area contributed by atoms with Crippen molar-refractivity contribution in [2.75, 3.05) is 0 Å². The number of nitrogens with zero attached hydrogens (tertiary/aromatic N) is 2. The van der Waals surface area contributed by atoms with Crippen molar-refractivity contribution in [1.29, 1.82) is 0 Å². The number of rotatable bonds is 3. The van der Waals surface area contributed by atoms with Crippen molar-refractivity contribution in [2.24, 2.45) is 0 Å². The maximum absolute atomic E-state index is 12.5. The normalized spacial score (nSPS) is 10.4. The Morgan fingerprint density at radius 1 is 1.60 bits per heavy atom. The van der Waals surface area contributed by atoms with E-state index in [0.29, 0.717) is 0 Å². The number of aldehydes is 1. The van der Waals surface area contributed by atoms with Crippen LogP contribution < -0.4 is 0 Å². The fraction of sp³-hybridized carbons (Fsp3) is 0.143. The van der Waals surface area contributed by atoms with Crippen molar-refractivity contribution in [2.45, 2.75) is 6.43 Å². The predicted molar refractivity (Wildman–Crippen MR) is 54.0 cm³/mol. The summed E-state index contributed by atoms with van der Waals surface area (Å²) < 4.78 is 25.0. The van der Waals surface area contributed by atoms with Crippen molar-refractivity contribution in [3.63, 3.8) is 0 Å². The van der Waals surface area contributed by atoms with Crippen LogP contribution in [0.3, 0.4) is 0 Å². The molecule has 0 saturated heterocycles. The molecule has 0 spiro atoms. The summed E-state index contributed by atoms with van der Waals surface area (Å²) in [6.45, 7) is 0. The van der Waals surface area contributed by atoms with Crippen molar-refractivity contribution in [3.05, 3.63) is 31.1 Å². The minimum absolute atomic E-state index is 0.0292. The van der Waals surface area contributed by atoms with Gasteiger partial charge >= 0.3 is 0 Å². The standard InChI is InChI=1S/C7H3F2IN2O3/c8-7(9)5-4(2-13)11-1-3(10)6(5)12(14)15/h1-2,7H. The lowest BCUT2D eigenvalue weighted by molar-refractivity contribution is -0.387. The van der Waals surface area contributed by atoms with E-state index in [-0.39, 0.29) is 9.86 Å². The Bertz CT molecular complexity index is 425. The third-order valence-corrected chi connectivity index (χ3v) is 2.38. The van der Waals surface area contributed by atoms with Crippen molar-refractivity contribution < 1.29 is 18.5 Å². The van der Waals surface area contributed by atoms with Gasteiger partial charge in [-0.2, -0.15) is 0 Å². The molecule has 0 radical (unpaired) electrons. The van der Waals surface area contributed by atoms with E-state index in [1.165, 1.54) is 22.6 Å². The maximum Gasteiger partial charge on any atom is 0.295 e. The first-order chi connectivity index (χ1) is 6.99. The molecule has 15 heavy (non-hydrogen) atoms. The molecule has 80 valence electrons. The van der Waals surface area contributed by atoms with Gasteiger partial charge in [0.15, 0.2) is 6.29 Å². The van der Waals surface area contributed by atoms with E-state index in [9.17, 15) is 23.7 Å². The number of halogens is 3. The number of carbonyl (C=O) groups is 1. The van der Waals surface area contributed by atoms with E-state index in [1.807, 2.05) is 0 Å². The van der Waals surface area contributed by atoms with Gasteiger partial charge in [-0.25, -0.2) is 8.78 Å². The number of hydrogen-bond donors (Lipinski definition) is 0. The summed E-state index contributed by atoms with van der Waals surface area (Å²) >= 11 is 1.51. The van der Waals surface area contributed by atoms with Crippen molar-refractivity contribution in [3.8, 4) is 0 Å². The van der Waals surface area contributed by atoms with Crippen LogP contribution in [-0.2, 0) is 0 Å². The molecular weight excluding hydrogens is 325 g/mol. The molecule has 5 nitrogen and oxygen atoms in total. The highest BCUT2D eigenvalue weighted by atomic mass is 127. The Labute approximate surface area is 95.8 Å². The van der Waals surface area contributed by atoms with Crippen LogP contribution in [0.15, 0.2) is 6.20 Å². The van der Waals surface area contributed by atoms with Gasteiger partial charge in [-0.1, -0.05) is 0 Å². The van der Waals surface area contributed by atoms with E-state index in [1.54, 1.807) is 0 Å². The van der Waals surface area contributed by atoms with Crippen LogP contribution in [0.5, 0.6) is 0 Å². The largest absolute Gasteiger partial charge is 0.296 e. The smallest absolute Gasteiger partial charge is 0.295 e. The average Bonchev–Trinajstić information content (AvgIpc) is 2.16. The molecule has 0 fully saturated rings. The van der Waals surface area contributed by atoms with E-state index in [2.05, 4.69) is 4.98 Å². The minimum atomic E-state index is -3.10. The van der Waals surface area contributed by atoms with Crippen LogP contribution in [0.2, 0.25) is 0 Å². The van der Waals surface area contributed by atoms with Gasteiger partial charge in [-0.3, -0.25) is 19.9 Å². The maximum atomic E-state index is 12.5. The minimum Gasteiger partial charge on any atom is -0.296 e. The monoisotopic (exact) mass is 328 g/mol. The van der Waals surface area contributed by atoms with Gasteiger partial charge in [-0.05, 0) is 22.6 Å². The van der Waals surface area contributed by atoms with Gasteiger partial charge in [-0.15, -0.1) is 0 Å². The first kappa shape index (κ1) is 11.9. The van der Waals surface area contributed by atoms with Crippen LogP contribution in [-0.4, -0.2) is 16.2 Å². The van der Waals surface area contributed by atoms with E-state index >= 15 is 0 Å². The van der Waals surface area contributed by atoms with Crippen LogP contribution in [0.1, 0.15) is 22.5 Å². The van der Waals surface area contributed by atoms with E-state index in [4.69, 9.17) is 0 Å².